The molecule has 0 aromatic carbocycles. The first-order valence-corrected chi connectivity index (χ1v) is 6.85. The van der Waals surface area contributed by atoms with Crippen molar-refractivity contribution in [3.63, 3.8) is 0 Å². The van der Waals surface area contributed by atoms with Gasteiger partial charge in [-0.3, -0.25) is 0 Å². The van der Waals surface area contributed by atoms with Gasteiger partial charge in [-0.1, -0.05) is 32.9 Å². The van der Waals surface area contributed by atoms with Gasteiger partial charge in [0.25, 0.3) is 0 Å². The van der Waals surface area contributed by atoms with Crippen molar-refractivity contribution >= 4 is 0 Å². The van der Waals surface area contributed by atoms with Crippen molar-refractivity contribution in [2.45, 2.75) is 52.2 Å². The van der Waals surface area contributed by atoms with E-state index in [0.717, 1.165) is 19.3 Å². The van der Waals surface area contributed by atoms with Crippen LogP contribution in [0.15, 0.2) is 12.2 Å². The molecule has 0 aromatic heterocycles. The first-order chi connectivity index (χ1) is 7.81. The summed E-state index contributed by atoms with van der Waals surface area (Å²) in [6.45, 7) is 10.9. The molecule has 0 aliphatic heterocycles. The Hall–Kier alpha value is -0.340. The van der Waals surface area contributed by atoms with Crippen LogP contribution >= 0.6 is 0 Å². The second-order valence-electron chi connectivity index (χ2n) is 7.21. The summed E-state index contributed by atoms with van der Waals surface area (Å²) >= 11 is 0. The van der Waals surface area contributed by atoms with Crippen LogP contribution in [0.3, 0.4) is 0 Å². The zero-order valence-electron chi connectivity index (χ0n) is 11.1. The lowest BCUT2D eigenvalue weighted by molar-refractivity contribution is -0.0463. The highest BCUT2D eigenvalue weighted by Gasteiger charge is 2.69. The fourth-order valence-corrected chi connectivity index (χ4v) is 5.45. The highest BCUT2D eigenvalue weighted by molar-refractivity contribution is 5.27. The maximum atomic E-state index is 10.6. The SMILES string of the molecule is C=C1C[C@H](O)[C@@]23C[C@H]1C(C)(C)[C@@H]2C[C@H](O)[C@H]3C. The summed E-state index contributed by atoms with van der Waals surface area (Å²) in [5, 5.41) is 20.8. The van der Waals surface area contributed by atoms with E-state index >= 15 is 0 Å². The van der Waals surface area contributed by atoms with E-state index < -0.39 is 0 Å². The third-order valence-electron chi connectivity index (χ3n) is 6.47. The van der Waals surface area contributed by atoms with Gasteiger partial charge in [-0.05, 0) is 42.4 Å². The minimum atomic E-state index is -0.301. The average molecular weight is 236 g/mol. The van der Waals surface area contributed by atoms with Crippen LogP contribution in [0.5, 0.6) is 0 Å². The first kappa shape index (κ1) is 11.7. The van der Waals surface area contributed by atoms with E-state index in [1.54, 1.807) is 0 Å². The topological polar surface area (TPSA) is 40.5 Å². The Morgan fingerprint density at radius 2 is 1.94 bits per heavy atom. The van der Waals surface area contributed by atoms with Gasteiger partial charge in [-0.15, -0.1) is 0 Å². The molecule has 2 bridgehead atoms. The van der Waals surface area contributed by atoms with Crippen molar-refractivity contribution in [1.82, 2.24) is 0 Å². The normalized spacial score (nSPS) is 56.1. The maximum Gasteiger partial charge on any atom is 0.0640 e. The number of aliphatic hydroxyl groups is 2. The molecule has 3 aliphatic rings. The van der Waals surface area contributed by atoms with Crippen LogP contribution in [0, 0.1) is 28.6 Å². The van der Waals surface area contributed by atoms with Crippen LogP contribution in [0.4, 0.5) is 0 Å². The van der Waals surface area contributed by atoms with E-state index in [0.29, 0.717) is 11.8 Å². The molecule has 1 spiro atoms. The summed E-state index contributed by atoms with van der Waals surface area (Å²) in [6, 6.07) is 0. The minimum absolute atomic E-state index is 0.0469. The van der Waals surface area contributed by atoms with E-state index in [2.05, 4.69) is 27.4 Å². The molecule has 0 aromatic rings. The van der Waals surface area contributed by atoms with E-state index in [1.807, 2.05) is 0 Å². The Kier molecular flexibility index (Phi) is 2.18. The molecule has 0 amide bonds. The van der Waals surface area contributed by atoms with Crippen molar-refractivity contribution < 1.29 is 10.2 Å². The molecule has 3 aliphatic carbocycles. The van der Waals surface area contributed by atoms with E-state index in [-0.39, 0.29) is 29.0 Å². The number of aliphatic hydroxyl groups excluding tert-OH is 2. The molecule has 0 heterocycles. The minimum Gasteiger partial charge on any atom is -0.393 e. The predicted octanol–water partition coefficient (Wildman–Crippen LogP) is 2.36. The van der Waals surface area contributed by atoms with Gasteiger partial charge in [0.2, 0.25) is 0 Å². The molecule has 2 nitrogen and oxygen atoms in total. The lowest BCUT2D eigenvalue weighted by Crippen LogP contribution is -2.44. The van der Waals surface area contributed by atoms with Crippen LogP contribution in [-0.4, -0.2) is 22.4 Å². The van der Waals surface area contributed by atoms with Gasteiger partial charge in [-0.2, -0.15) is 0 Å². The molecule has 3 saturated carbocycles. The van der Waals surface area contributed by atoms with Crippen molar-refractivity contribution in [1.29, 1.82) is 0 Å². The zero-order chi connectivity index (χ0) is 12.6. The summed E-state index contributed by atoms with van der Waals surface area (Å²) in [7, 11) is 0. The van der Waals surface area contributed by atoms with E-state index in [9.17, 15) is 10.2 Å². The molecular formula is C15H24O2. The Bertz CT molecular complexity index is 373. The van der Waals surface area contributed by atoms with Gasteiger partial charge >= 0.3 is 0 Å². The molecule has 0 radical (unpaired) electrons. The third-order valence-corrected chi connectivity index (χ3v) is 6.47. The van der Waals surface area contributed by atoms with E-state index in [1.165, 1.54) is 5.57 Å². The monoisotopic (exact) mass is 236 g/mol. The van der Waals surface area contributed by atoms with Crippen molar-refractivity contribution in [3.05, 3.63) is 12.2 Å². The van der Waals surface area contributed by atoms with Gasteiger partial charge in [0.15, 0.2) is 0 Å². The molecule has 96 valence electrons. The van der Waals surface area contributed by atoms with Gasteiger partial charge in [-0.25, -0.2) is 0 Å². The molecule has 6 atom stereocenters. The fourth-order valence-electron chi connectivity index (χ4n) is 5.45. The Labute approximate surface area is 104 Å². The lowest BCUT2D eigenvalue weighted by atomic mass is 9.65. The Balaban J connectivity index is 2.12. The van der Waals surface area contributed by atoms with Gasteiger partial charge in [0, 0.05) is 5.41 Å². The van der Waals surface area contributed by atoms with E-state index in [4.69, 9.17) is 0 Å². The van der Waals surface area contributed by atoms with Crippen LogP contribution in [-0.2, 0) is 0 Å². The van der Waals surface area contributed by atoms with Gasteiger partial charge in [0.05, 0.1) is 12.2 Å². The second-order valence-corrected chi connectivity index (χ2v) is 7.21. The third kappa shape index (κ3) is 1.14. The van der Waals surface area contributed by atoms with Crippen molar-refractivity contribution in [2.75, 3.05) is 0 Å². The number of rotatable bonds is 0. The molecule has 2 heteroatoms. The molecule has 3 rings (SSSR count). The Morgan fingerprint density at radius 3 is 2.59 bits per heavy atom. The maximum absolute atomic E-state index is 10.6. The predicted molar refractivity (Wildman–Crippen MR) is 67.4 cm³/mol. The number of hydrogen-bond acceptors (Lipinski definition) is 2. The molecule has 2 N–H and O–H groups in total. The van der Waals surface area contributed by atoms with Crippen molar-refractivity contribution in [3.8, 4) is 0 Å². The van der Waals surface area contributed by atoms with Crippen LogP contribution in [0.1, 0.15) is 40.0 Å². The average Bonchev–Trinajstić information content (AvgIpc) is 2.60. The zero-order valence-corrected chi connectivity index (χ0v) is 11.1. The fraction of sp³-hybridized carbons (Fsp3) is 0.867. The largest absolute Gasteiger partial charge is 0.393 e. The lowest BCUT2D eigenvalue weighted by Gasteiger charge is -2.42. The van der Waals surface area contributed by atoms with Crippen LogP contribution in [0.25, 0.3) is 0 Å². The summed E-state index contributed by atoms with van der Waals surface area (Å²) < 4.78 is 0. The highest BCUT2D eigenvalue weighted by Crippen LogP contribution is 2.72. The van der Waals surface area contributed by atoms with Crippen molar-refractivity contribution in [2.24, 2.45) is 28.6 Å². The Morgan fingerprint density at radius 1 is 1.29 bits per heavy atom. The molecular weight excluding hydrogens is 212 g/mol. The van der Waals surface area contributed by atoms with Crippen LogP contribution < -0.4 is 0 Å². The smallest absolute Gasteiger partial charge is 0.0640 e. The highest BCUT2D eigenvalue weighted by atomic mass is 16.3. The standard InChI is InChI=1S/C15H24O2/c1-8-5-13(17)15-7-10(8)14(3,4)12(15)6-11(16)9(15)2/h9-13,16-17H,1,5-7H2,2-4H3/t9-,10-,11+,12+,13+,15-/m1/s1. The number of fused-ring (bicyclic) bond motifs is 1. The molecule has 0 saturated heterocycles. The second kappa shape index (κ2) is 3.16. The molecule has 0 unspecified atom stereocenters. The quantitative estimate of drug-likeness (QED) is 0.634. The summed E-state index contributed by atoms with van der Waals surface area (Å²) in [5.41, 5.74) is 1.36. The van der Waals surface area contributed by atoms with Gasteiger partial charge < -0.3 is 10.2 Å². The summed E-state index contributed by atoms with van der Waals surface area (Å²) in [5.74, 6) is 1.20. The van der Waals surface area contributed by atoms with Crippen LogP contribution in [0.2, 0.25) is 0 Å². The molecule has 3 fully saturated rings. The number of hydrogen-bond donors (Lipinski definition) is 2. The summed E-state index contributed by atoms with van der Waals surface area (Å²) in [4.78, 5) is 0. The first-order valence-electron chi connectivity index (χ1n) is 6.85. The summed E-state index contributed by atoms with van der Waals surface area (Å²) in [6.07, 6.45) is 2.09. The molecule has 17 heavy (non-hydrogen) atoms. The van der Waals surface area contributed by atoms with Gasteiger partial charge in [0.1, 0.15) is 0 Å².